The second-order valence-corrected chi connectivity index (χ2v) is 7.10. The third-order valence-electron chi connectivity index (χ3n) is 4.89. The van der Waals surface area contributed by atoms with Crippen LogP contribution < -0.4 is 5.32 Å². The number of carbonyl (C=O) groups is 3. The molecule has 6 nitrogen and oxygen atoms in total. The fourth-order valence-corrected chi connectivity index (χ4v) is 3.61. The molecule has 0 bridgehead atoms. The van der Waals surface area contributed by atoms with Crippen molar-refractivity contribution < 1.29 is 14.4 Å². The lowest BCUT2D eigenvalue weighted by atomic mass is 10.1. The smallest absolute Gasteiger partial charge is 0.261 e. The molecule has 0 atom stereocenters. The van der Waals surface area contributed by atoms with E-state index in [1.165, 1.54) is 6.07 Å². The molecule has 2 aromatic carbocycles. The molecular formula is C21H18ClN3O3. The van der Waals surface area contributed by atoms with E-state index in [1.54, 1.807) is 12.1 Å². The Hall–Kier alpha value is -3.12. The summed E-state index contributed by atoms with van der Waals surface area (Å²) in [5.74, 6) is -0.994. The number of halogens is 1. The Bertz CT molecular complexity index is 1090. The zero-order valence-corrected chi connectivity index (χ0v) is 15.8. The number of fused-ring (bicyclic) bond motifs is 2. The molecule has 0 saturated carbocycles. The molecule has 3 aromatic rings. The molecule has 28 heavy (non-hydrogen) atoms. The Labute approximate surface area is 166 Å². The van der Waals surface area contributed by atoms with Gasteiger partial charge in [0.1, 0.15) is 0 Å². The van der Waals surface area contributed by atoms with E-state index in [9.17, 15) is 14.4 Å². The van der Waals surface area contributed by atoms with E-state index < -0.39 is 5.91 Å². The number of nitrogens with one attached hydrogen (secondary N) is 2. The number of amides is 3. The van der Waals surface area contributed by atoms with Gasteiger partial charge in [0.05, 0.1) is 11.1 Å². The van der Waals surface area contributed by atoms with Crippen molar-refractivity contribution in [3.05, 3.63) is 70.4 Å². The summed E-state index contributed by atoms with van der Waals surface area (Å²) in [4.78, 5) is 41.2. The SMILES string of the molecule is O=C(CCN1C(=O)c2ccc(Cl)cc2C1=O)NCCc1c[nH]c2ccccc12. The van der Waals surface area contributed by atoms with E-state index in [0.717, 1.165) is 21.4 Å². The highest BCUT2D eigenvalue weighted by Crippen LogP contribution is 2.25. The summed E-state index contributed by atoms with van der Waals surface area (Å²) in [6, 6.07) is 12.6. The lowest BCUT2D eigenvalue weighted by Crippen LogP contribution is -2.35. The van der Waals surface area contributed by atoms with Gasteiger partial charge >= 0.3 is 0 Å². The molecule has 0 unspecified atom stereocenters. The molecule has 3 amide bonds. The van der Waals surface area contributed by atoms with Gasteiger partial charge in [0.25, 0.3) is 11.8 Å². The number of imide groups is 1. The maximum atomic E-state index is 12.4. The first-order chi connectivity index (χ1) is 13.5. The largest absolute Gasteiger partial charge is 0.361 e. The summed E-state index contributed by atoms with van der Waals surface area (Å²) in [7, 11) is 0. The number of para-hydroxylation sites is 1. The van der Waals surface area contributed by atoms with Gasteiger partial charge in [-0.25, -0.2) is 0 Å². The highest BCUT2D eigenvalue weighted by molar-refractivity contribution is 6.32. The monoisotopic (exact) mass is 395 g/mol. The minimum Gasteiger partial charge on any atom is -0.361 e. The van der Waals surface area contributed by atoms with E-state index in [-0.39, 0.29) is 30.3 Å². The molecular weight excluding hydrogens is 378 g/mol. The second kappa shape index (κ2) is 7.48. The average molecular weight is 396 g/mol. The van der Waals surface area contributed by atoms with Gasteiger partial charge in [-0.2, -0.15) is 0 Å². The molecule has 1 aromatic heterocycles. The zero-order chi connectivity index (χ0) is 19.7. The number of rotatable bonds is 6. The molecule has 0 spiro atoms. The lowest BCUT2D eigenvalue weighted by Gasteiger charge is -2.13. The number of H-pyrrole nitrogens is 1. The van der Waals surface area contributed by atoms with Crippen LogP contribution in [0.4, 0.5) is 0 Å². The van der Waals surface area contributed by atoms with Crippen LogP contribution in [0.3, 0.4) is 0 Å². The number of aromatic nitrogens is 1. The quantitative estimate of drug-likeness (QED) is 0.629. The molecule has 1 aliphatic heterocycles. The summed E-state index contributed by atoms with van der Waals surface area (Å²) < 4.78 is 0. The first-order valence-electron chi connectivity index (χ1n) is 9.02. The van der Waals surface area contributed by atoms with Crippen molar-refractivity contribution in [3.63, 3.8) is 0 Å². The van der Waals surface area contributed by atoms with E-state index in [1.807, 2.05) is 30.5 Å². The Morgan fingerprint density at radius 2 is 1.86 bits per heavy atom. The van der Waals surface area contributed by atoms with Gasteiger partial charge in [0.15, 0.2) is 0 Å². The van der Waals surface area contributed by atoms with E-state index >= 15 is 0 Å². The first kappa shape index (κ1) is 18.3. The Balaban J connectivity index is 1.29. The summed E-state index contributed by atoms with van der Waals surface area (Å²) in [6.07, 6.45) is 2.70. The second-order valence-electron chi connectivity index (χ2n) is 6.66. The molecule has 4 rings (SSSR count). The van der Waals surface area contributed by atoms with Crippen LogP contribution in [-0.2, 0) is 11.2 Å². The van der Waals surface area contributed by atoms with Crippen LogP contribution in [-0.4, -0.2) is 40.7 Å². The standard InChI is InChI=1S/C21H18ClN3O3/c22-14-5-6-16-17(11-14)21(28)25(20(16)27)10-8-19(26)23-9-7-13-12-24-18-4-2-1-3-15(13)18/h1-6,11-12,24H,7-10H2,(H,23,26). The summed E-state index contributed by atoms with van der Waals surface area (Å²) in [6.45, 7) is 0.529. The van der Waals surface area contributed by atoms with Gasteiger partial charge < -0.3 is 10.3 Å². The number of nitrogens with zero attached hydrogens (tertiary/aromatic N) is 1. The van der Waals surface area contributed by atoms with Gasteiger partial charge in [-0.1, -0.05) is 29.8 Å². The molecule has 0 saturated heterocycles. The van der Waals surface area contributed by atoms with Crippen molar-refractivity contribution in [2.24, 2.45) is 0 Å². The topological polar surface area (TPSA) is 82.3 Å². The van der Waals surface area contributed by atoms with Crippen LogP contribution in [0.5, 0.6) is 0 Å². The molecule has 0 radical (unpaired) electrons. The molecule has 142 valence electrons. The minimum absolute atomic E-state index is 0.0445. The van der Waals surface area contributed by atoms with Gasteiger partial charge in [-0.05, 0) is 36.2 Å². The van der Waals surface area contributed by atoms with E-state index in [2.05, 4.69) is 10.3 Å². The summed E-state index contributed by atoms with van der Waals surface area (Å²) in [5, 5.41) is 4.39. The summed E-state index contributed by atoms with van der Waals surface area (Å²) in [5.41, 5.74) is 2.81. The van der Waals surface area contributed by atoms with Crippen LogP contribution in [0.2, 0.25) is 5.02 Å². The van der Waals surface area contributed by atoms with Gasteiger partial charge in [-0.3, -0.25) is 19.3 Å². The lowest BCUT2D eigenvalue weighted by molar-refractivity contribution is -0.121. The third-order valence-corrected chi connectivity index (χ3v) is 5.12. The number of hydrogen-bond acceptors (Lipinski definition) is 3. The Morgan fingerprint density at radius 1 is 1.07 bits per heavy atom. The average Bonchev–Trinajstić information content (AvgIpc) is 3.20. The van der Waals surface area contributed by atoms with Crippen molar-refractivity contribution in [3.8, 4) is 0 Å². The summed E-state index contributed by atoms with van der Waals surface area (Å²) >= 11 is 5.90. The highest BCUT2D eigenvalue weighted by Gasteiger charge is 2.35. The maximum absolute atomic E-state index is 12.4. The maximum Gasteiger partial charge on any atom is 0.261 e. The van der Waals surface area contributed by atoms with Crippen LogP contribution in [0.1, 0.15) is 32.7 Å². The molecule has 2 heterocycles. The van der Waals surface area contributed by atoms with Gasteiger partial charge in [0, 0.05) is 41.6 Å². The van der Waals surface area contributed by atoms with Gasteiger partial charge in [0.2, 0.25) is 5.91 Å². The molecule has 1 aliphatic rings. The van der Waals surface area contributed by atoms with Crippen molar-refractivity contribution in [2.45, 2.75) is 12.8 Å². The molecule has 2 N–H and O–H groups in total. The number of aromatic amines is 1. The normalized spacial score (nSPS) is 13.2. The zero-order valence-electron chi connectivity index (χ0n) is 15.0. The molecule has 0 fully saturated rings. The predicted molar refractivity (Wildman–Crippen MR) is 106 cm³/mol. The van der Waals surface area contributed by atoms with Crippen molar-refractivity contribution >= 4 is 40.2 Å². The number of hydrogen-bond donors (Lipinski definition) is 2. The van der Waals surface area contributed by atoms with Crippen molar-refractivity contribution in [2.75, 3.05) is 13.1 Å². The molecule has 0 aliphatic carbocycles. The van der Waals surface area contributed by atoms with Crippen LogP contribution in [0.25, 0.3) is 10.9 Å². The van der Waals surface area contributed by atoms with Crippen molar-refractivity contribution in [1.82, 2.24) is 15.2 Å². The predicted octanol–water partition coefficient (Wildman–Crippen LogP) is 3.17. The minimum atomic E-state index is -0.408. The third kappa shape index (κ3) is 3.39. The Morgan fingerprint density at radius 3 is 2.71 bits per heavy atom. The van der Waals surface area contributed by atoms with Gasteiger partial charge in [-0.15, -0.1) is 0 Å². The first-order valence-corrected chi connectivity index (χ1v) is 9.40. The van der Waals surface area contributed by atoms with Crippen LogP contribution in [0.15, 0.2) is 48.7 Å². The van der Waals surface area contributed by atoms with Crippen LogP contribution in [0, 0.1) is 0 Å². The Kier molecular flexibility index (Phi) is 4.88. The highest BCUT2D eigenvalue weighted by atomic mass is 35.5. The fourth-order valence-electron chi connectivity index (χ4n) is 3.44. The number of carbonyl (C=O) groups excluding carboxylic acids is 3. The number of benzene rings is 2. The fraction of sp³-hybridized carbons (Fsp3) is 0.190. The van der Waals surface area contributed by atoms with Crippen LogP contribution >= 0.6 is 11.6 Å². The van der Waals surface area contributed by atoms with E-state index in [4.69, 9.17) is 11.6 Å². The van der Waals surface area contributed by atoms with Crippen molar-refractivity contribution in [1.29, 1.82) is 0 Å². The van der Waals surface area contributed by atoms with E-state index in [0.29, 0.717) is 23.6 Å². The molecule has 7 heteroatoms.